The van der Waals surface area contributed by atoms with E-state index in [-0.39, 0.29) is 0 Å². The molecule has 0 atom stereocenters. The van der Waals surface area contributed by atoms with Gasteiger partial charge in [0.2, 0.25) is 0 Å². The summed E-state index contributed by atoms with van der Waals surface area (Å²) in [7, 11) is 3.93. The minimum Gasteiger partial charge on any atom is -0.334 e. The van der Waals surface area contributed by atoms with Crippen molar-refractivity contribution in [1.82, 2.24) is 24.8 Å². The van der Waals surface area contributed by atoms with Gasteiger partial charge in [0.1, 0.15) is 0 Å². The average Bonchev–Trinajstić information content (AvgIpc) is 3.09. The molecule has 0 aliphatic heterocycles. The quantitative estimate of drug-likeness (QED) is 0.717. The van der Waals surface area contributed by atoms with E-state index in [9.17, 15) is 0 Å². The summed E-state index contributed by atoms with van der Waals surface area (Å²) >= 11 is 0. The number of hydrogen-bond donors (Lipinski definition) is 0. The van der Waals surface area contributed by atoms with Crippen LogP contribution in [-0.2, 0) is 20.1 Å². The van der Waals surface area contributed by atoms with E-state index in [0.717, 1.165) is 17.7 Å². The Kier molecular flexibility index (Phi) is 3.79. The van der Waals surface area contributed by atoms with Crippen LogP contribution in [0.4, 0.5) is 0 Å². The second kappa shape index (κ2) is 5.88. The molecule has 2 aromatic heterocycles. The zero-order chi connectivity index (χ0) is 14.7. The predicted octanol–water partition coefficient (Wildman–Crippen LogP) is 2.10. The topological polar surface area (TPSA) is 60.0 Å². The molecule has 0 saturated heterocycles. The Hall–Kier alpha value is -2.47. The van der Waals surface area contributed by atoms with Crippen LogP contribution in [0, 0.1) is 0 Å². The van der Waals surface area contributed by atoms with Crippen molar-refractivity contribution in [3.05, 3.63) is 54.1 Å². The summed E-state index contributed by atoms with van der Waals surface area (Å²) in [4.78, 5) is 6.55. The van der Waals surface area contributed by atoms with E-state index in [1.165, 1.54) is 0 Å². The Morgan fingerprint density at radius 2 is 2.00 bits per heavy atom. The van der Waals surface area contributed by atoms with Gasteiger partial charge in [-0.25, -0.2) is 0 Å². The van der Waals surface area contributed by atoms with Crippen molar-refractivity contribution < 1.29 is 4.52 Å². The third-order valence-electron chi connectivity index (χ3n) is 3.11. The zero-order valence-corrected chi connectivity index (χ0v) is 12.1. The molecule has 0 radical (unpaired) electrons. The molecule has 0 aliphatic carbocycles. The molecule has 6 heteroatoms. The molecule has 2 heterocycles. The Morgan fingerprint density at radius 3 is 2.71 bits per heavy atom. The normalized spacial score (nSPS) is 11.2. The lowest BCUT2D eigenvalue weighted by atomic mass is 10.2. The minimum atomic E-state index is 0.556. The molecule has 0 spiro atoms. The molecule has 0 fully saturated rings. The standard InChI is InChI=1S/C15H17N5O/c1-19(9-12-8-16-20(2)10-12)11-14-17-15(21-18-14)13-6-4-3-5-7-13/h3-8,10H,9,11H2,1-2H3. The number of hydrogen-bond acceptors (Lipinski definition) is 5. The minimum absolute atomic E-state index is 0.556. The fraction of sp³-hybridized carbons (Fsp3) is 0.267. The largest absolute Gasteiger partial charge is 0.334 e. The average molecular weight is 283 g/mol. The SMILES string of the molecule is CN(Cc1cnn(C)c1)Cc1noc(-c2ccccc2)n1. The van der Waals surface area contributed by atoms with Crippen LogP contribution in [0.2, 0.25) is 0 Å². The van der Waals surface area contributed by atoms with Crippen LogP contribution in [0.1, 0.15) is 11.4 Å². The highest BCUT2D eigenvalue weighted by molar-refractivity contribution is 5.51. The van der Waals surface area contributed by atoms with Crippen molar-refractivity contribution in [2.45, 2.75) is 13.1 Å². The summed E-state index contributed by atoms with van der Waals surface area (Å²) in [6, 6.07) is 9.78. The van der Waals surface area contributed by atoms with Gasteiger partial charge in [0, 0.05) is 30.9 Å². The van der Waals surface area contributed by atoms with Crippen LogP contribution in [0.3, 0.4) is 0 Å². The number of nitrogens with zero attached hydrogens (tertiary/aromatic N) is 5. The van der Waals surface area contributed by atoms with E-state index in [2.05, 4.69) is 20.1 Å². The summed E-state index contributed by atoms with van der Waals surface area (Å²) in [6.45, 7) is 1.42. The van der Waals surface area contributed by atoms with Gasteiger partial charge in [0.05, 0.1) is 12.7 Å². The van der Waals surface area contributed by atoms with Crippen LogP contribution in [0.25, 0.3) is 11.5 Å². The van der Waals surface area contributed by atoms with Crippen LogP contribution >= 0.6 is 0 Å². The zero-order valence-electron chi connectivity index (χ0n) is 12.1. The molecule has 0 aliphatic rings. The second-order valence-electron chi connectivity index (χ2n) is 5.08. The van der Waals surface area contributed by atoms with E-state index < -0.39 is 0 Å². The molecule has 6 nitrogen and oxygen atoms in total. The number of benzene rings is 1. The molecule has 1 aromatic carbocycles. The summed E-state index contributed by atoms with van der Waals surface area (Å²) in [5.74, 6) is 1.24. The van der Waals surface area contributed by atoms with Gasteiger partial charge in [-0.1, -0.05) is 23.4 Å². The highest BCUT2D eigenvalue weighted by Gasteiger charge is 2.11. The monoisotopic (exact) mass is 283 g/mol. The van der Waals surface area contributed by atoms with Gasteiger partial charge < -0.3 is 4.52 Å². The van der Waals surface area contributed by atoms with Crippen molar-refractivity contribution in [3.63, 3.8) is 0 Å². The molecule has 108 valence electrons. The summed E-state index contributed by atoms with van der Waals surface area (Å²) in [6.07, 6.45) is 3.87. The molecule has 0 unspecified atom stereocenters. The van der Waals surface area contributed by atoms with Gasteiger partial charge in [0.25, 0.3) is 5.89 Å². The fourth-order valence-electron chi connectivity index (χ4n) is 2.18. The Labute approximate surface area is 123 Å². The van der Waals surface area contributed by atoms with Crippen molar-refractivity contribution >= 4 is 0 Å². The summed E-state index contributed by atoms with van der Waals surface area (Å²) in [5, 5.41) is 8.19. The molecule has 0 amide bonds. The summed E-state index contributed by atoms with van der Waals surface area (Å²) in [5.41, 5.74) is 2.10. The van der Waals surface area contributed by atoms with Gasteiger partial charge in [-0.2, -0.15) is 10.1 Å². The van der Waals surface area contributed by atoms with Crippen molar-refractivity contribution in [2.24, 2.45) is 7.05 Å². The second-order valence-corrected chi connectivity index (χ2v) is 5.08. The third kappa shape index (κ3) is 3.35. The molecule has 3 aromatic rings. The molecule has 0 N–H and O–H groups in total. The number of aromatic nitrogens is 4. The molecule has 0 bridgehead atoms. The number of aryl methyl sites for hydroxylation is 1. The van der Waals surface area contributed by atoms with E-state index in [1.54, 1.807) is 4.68 Å². The van der Waals surface area contributed by atoms with Crippen molar-refractivity contribution in [3.8, 4) is 11.5 Å². The maximum absolute atomic E-state index is 5.30. The first-order valence-corrected chi connectivity index (χ1v) is 6.75. The lowest BCUT2D eigenvalue weighted by Crippen LogP contribution is -2.17. The van der Waals surface area contributed by atoms with Crippen molar-refractivity contribution in [1.29, 1.82) is 0 Å². The first-order chi connectivity index (χ1) is 10.2. The maximum atomic E-state index is 5.30. The summed E-state index contributed by atoms with van der Waals surface area (Å²) < 4.78 is 7.10. The molecule has 0 saturated carbocycles. The van der Waals surface area contributed by atoms with Gasteiger partial charge in [0.15, 0.2) is 5.82 Å². The van der Waals surface area contributed by atoms with Crippen LogP contribution in [0.5, 0.6) is 0 Å². The fourth-order valence-corrected chi connectivity index (χ4v) is 2.18. The molecule has 3 rings (SSSR count). The predicted molar refractivity (Wildman–Crippen MR) is 78.1 cm³/mol. The number of rotatable bonds is 5. The van der Waals surface area contributed by atoms with E-state index in [4.69, 9.17) is 4.52 Å². The Morgan fingerprint density at radius 1 is 1.19 bits per heavy atom. The lowest BCUT2D eigenvalue weighted by Gasteiger charge is -2.12. The van der Waals surface area contributed by atoms with E-state index in [0.29, 0.717) is 18.3 Å². The Balaban J connectivity index is 1.64. The lowest BCUT2D eigenvalue weighted by molar-refractivity contribution is 0.302. The van der Waals surface area contributed by atoms with E-state index >= 15 is 0 Å². The van der Waals surface area contributed by atoms with E-state index in [1.807, 2.05) is 56.8 Å². The van der Waals surface area contributed by atoms with Crippen molar-refractivity contribution in [2.75, 3.05) is 7.05 Å². The smallest absolute Gasteiger partial charge is 0.257 e. The maximum Gasteiger partial charge on any atom is 0.257 e. The van der Waals surface area contributed by atoms with Crippen LogP contribution in [-0.4, -0.2) is 31.9 Å². The van der Waals surface area contributed by atoms with Gasteiger partial charge in [-0.15, -0.1) is 0 Å². The van der Waals surface area contributed by atoms with Gasteiger partial charge in [-0.3, -0.25) is 9.58 Å². The van der Waals surface area contributed by atoms with Crippen LogP contribution in [0.15, 0.2) is 47.2 Å². The first-order valence-electron chi connectivity index (χ1n) is 6.75. The Bertz CT molecular complexity index is 704. The molecular weight excluding hydrogens is 266 g/mol. The first kappa shape index (κ1) is 13.5. The van der Waals surface area contributed by atoms with Crippen LogP contribution < -0.4 is 0 Å². The van der Waals surface area contributed by atoms with Gasteiger partial charge >= 0.3 is 0 Å². The van der Waals surface area contributed by atoms with Gasteiger partial charge in [-0.05, 0) is 19.2 Å². The molecule has 21 heavy (non-hydrogen) atoms. The molecular formula is C15H17N5O. The highest BCUT2D eigenvalue weighted by atomic mass is 16.5. The third-order valence-corrected chi connectivity index (χ3v) is 3.11. The highest BCUT2D eigenvalue weighted by Crippen LogP contribution is 2.16.